The molecule has 0 amide bonds. The summed E-state index contributed by atoms with van der Waals surface area (Å²) in [4.78, 5) is 0. The first-order valence-corrected chi connectivity index (χ1v) is 19.9. The number of allylic oxidation sites excluding steroid dienone is 2. The van der Waals surface area contributed by atoms with Gasteiger partial charge in [-0.15, -0.1) is 29.7 Å². The van der Waals surface area contributed by atoms with Crippen LogP contribution in [0.25, 0.3) is 0 Å². The van der Waals surface area contributed by atoms with Crippen LogP contribution in [0, 0.1) is 23.6 Å². The Kier molecular flexibility index (Phi) is 16.0. The zero-order chi connectivity index (χ0) is 27.7. The molecule has 0 aromatic heterocycles. The van der Waals surface area contributed by atoms with Crippen LogP contribution >= 0.6 is 0 Å². The van der Waals surface area contributed by atoms with Gasteiger partial charge in [-0.05, 0) is 20.2 Å². The van der Waals surface area contributed by atoms with Crippen molar-refractivity contribution in [1.82, 2.24) is 0 Å². The maximum Gasteiger partial charge on any atom is 4.00 e. The first-order valence-electron chi connectivity index (χ1n) is 12.9. The summed E-state index contributed by atoms with van der Waals surface area (Å²) in [6.07, 6.45) is 3.53. The SMILES string of the molecule is C[Si](C)(C)[C-]=C=C=C(C(C#Cc1ccccc1)=[C-]c1ccccc1)[Si](C)(C)C.[Zr+4].c1cc[cH-]c1.c1cc[cH-]c1. The van der Waals surface area contributed by atoms with Crippen LogP contribution in [0.1, 0.15) is 11.1 Å². The summed E-state index contributed by atoms with van der Waals surface area (Å²) in [5.41, 5.74) is 13.0. The van der Waals surface area contributed by atoms with Gasteiger partial charge < -0.3 is 11.5 Å². The molecule has 0 saturated carbocycles. The quantitative estimate of drug-likeness (QED) is 0.0704. The molecule has 0 N–H and O–H groups in total. The smallest absolute Gasteiger partial charge is 0.342 e. The Bertz CT molecular complexity index is 1300. The topological polar surface area (TPSA) is 0 Å². The number of benzene rings is 2. The molecule has 0 atom stereocenters. The van der Waals surface area contributed by atoms with Gasteiger partial charge in [-0.2, -0.15) is 47.5 Å². The van der Waals surface area contributed by atoms with E-state index in [2.05, 4.69) is 86.5 Å². The van der Waals surface area contributed by atoms with E-state index in [0.717, 1.165) is 21.9 Å². The zero-order valence-corrected chi connectivity index (χ0v) is 28.5. The molecule has 0 radical (unpaired) electrons. The molecule has 0 bridgehead atoms. The summed E-state index contributed by atoms with van der Waals surface area (Å²) >= 11 is 0. The monoisotopic (exact) mass is 616 g/mol. The maximum absolute atomic E-state index is 3.53. The second-order valence-electron chi connectivity index (χ2n) is 10.7. The molecule has 3 heteroatoms. The van der Waals surface area contributed by atoms with Gasteiger partial charge in [-0.1, -0.05) is 81.3 Å². The average molecular weight is 618 g/mol. The van der Waals surface area contributed by atoms with E-state index in [4.69, 9.17) is 0 Å². The van der Waals surface area contributed by atoms with E-state index in [0.29, 0.717) is 0 Å². The minimum atomic E-state index is -1.72. The van der Waals surface area contributed by atoms with Crippen molar-refractivity contribution in [2.45, 2.75) is 39.3 Å². The molecule has 0 nitrogen and oxygen atoms in total. The van der Waals surface area contributed by atoms with E-state index >= 15 is 0 Å². The Hall–Kier alpha value is -2.94. The molecule has 39 heavy (non-hydrogen) atoms. The van der Waals surface area contributed by atoms with E-state index in [-0.39, 0.29) is 26.2 Å². The van der Waals surface area contributed by atoms with Gasteiger partial charge in [-0.3, -0.25) is 0 Å². The molecule has 0 aliphatic carbocycles. The predicted molar refractivity (Wildman–Crippen MR) is 170 cm³/mol. The van der Waals surface area contributed by atoms with Gasteiger partial charge in [0, 0.05) is 13.6 Å². The molecule has 4 rings (SSSR count). The Balaban J connectivity index is 0.000000571. The normalized spacial score (nSPS) is 10.4. The third kappa shape index (κ3) is 15.9. The summed E-state index contributed by atoms with van der Waals surface area (Å²) in [7, 11) is -3.17. The fourth-order valence-electron chi connectivity index (χ4n) is 3.03. The summed E-state index contributed by atoms with van der Waals surface area (Å²) in [6, 6.07) is 40.3. The molecule has 0 aliphatic heterocycles. The van der Waals surface area contributed by atoms with Crippen molar-refractivity contribution in [2.75, 3.05) is 0 Å². The molecular weight excluding hydrogens is 580 g/mol. The van der Waals surface area contributed by atoms with Crippen LogP contribution in [0.4, 0.5) is 0 Å². The molecular formula is C36H38Si2Zr. The molecule has 0 heterocycles. The Morgan fingerprint density at radius 2 is 1.15 bits per heavy atom. The maximum atomic E-state index is 3.53. The molecule has 0 spiro atoms. The fourth-order valence-corrected chi connectivity index (χ4v) is 4.78. The van der Waals surface area contributed by atoms with Crippen LogP contribution < -0.4 is 0 Å². The third-order valence-corrected chi connectivity index (χ3v) is 7.63. The summed E-state index contributed by atoms with van der Waals surface area (Å²) in [5, 5.41) is 1.13. The van der Waals surface area contributed by atoms with Crippen LogP contribution in [-0.4, -0.2) is 16.1 Å². The first kappa shape index (κ1) is 34.1. The average Bonchev–Trinajstić information content (AvgIpc) is 3.64. The summed E-state index contributed by atoms with van der Waals surface area (Å²) < 4.78 is 0. The minimum absolute atomic E-state index is 0. The van der Waals surface area contributed by atoms with Crippen LogP contribution in [0.3, 0.4) is 0 Å². The van der Waals surface area contributed by atoms with Crippen molar-refractivity contribution in [1.29, 1.82) is 0 Å². The second kappa shape index (κ2) is 18.4. The molecule has 4 aromatic carbocycles. The van der Waals surface area contributed by atoms with E-state index < -0.39 is 16.1 Å². The predicted octanol–water partition coefficient (Wildman–Crippen LogP) is 9.42. The number of hydrogen-bond acceptors (Lipinski definition) is 0. The number of hydrogen-bond donors (Lipinski definition) is 0. The summed E-state index contributed by atoms with van der Waals surface area (Å²) in [5.74, 6) is 6.67. The van der Waals surface area contributed by atoms with Gasteiger partial charge in [0.2, 0.25) is 0 Å². The second-order valence-corrected chi connectivity index (χ2v) is 20.4. The Morgan fingerprint density at radius 3 is 1.56 bits per heavy atom. The van der Waals surface area contributed by atoms with Crippen molar-refractivity contribution in [3.8, 4) is 11.8 Å². The van der Waals surface area contributed by atoms with Crippen molar-refractivity contribution >= 4 is 16.1 Å². The summed E-state index contributed by atoms with van der Waals surface area (Å²) in [6.45, 7) is 13.7. The third-order valence-electron chi connectivity index (χ3n) is 4.88. The van der Waals surface area contributed by atoms with Gasteiger partial charge in [0.05, 0.1) is 0 Å². The van der Waals surface area contributed by atoms with Gasteiger partial charge >= 0.3 is 26.2 Å². The van der Waals surface area contributed by atoms with Crippen LogP contribution in [0.2, 0.25) is 39.3 Å². The van der Waals surface area contributed by atoms with E-state index in [1.54, 1.807) is 0 Å². The van der Waals surface area contributed by atoms with Crippen LogP contribution in [-0.2, 0) is 26.2 Å². The van der Waals surface area contributed by atoms with Crippen molar-refractivity contribution < 1.29 is 26.2 Å². The van der Waals surface area contributed by atoms with E-state index in [1.165, 1.54) is 0 Å². The van der Waals surface area contributed by atoms with Crippen molar-refractivity contribution in [3.63, 3.8) is 0 Å². The van der Waals surface area contributed by atoms with Gasteiger partial charge in [0.1, 0.15) is 0 Å². The van der Waals surface area contributed by atoms with Crippen molar-refractivity contribution in [2.24, 2.45) is 0 Å². The van der Waals surface area contributed by atoms with Gasteiger partial charge in [-0.25, -0.2) is 30.0 Å². The van der Waals surface area contributed by atoms with Crippen molar-refractivity contribution in [3.05, 3.63) is 166 Å². The fraction of sp³-hybridized carbons (Fsp3) is 0.167. The standard InChI is InChI=1S/C26H28Si2.2C5H5.Zr/c1-27(2,3)21-13-18-26(28(4,5)6)25(22-24-16-11-8-12-17-24)20-19-23-14-9-7-10-15-23;2*1-2-4-5-3-1;/h7-12,14-17H,1-6H3;2*1-5H;/q-2;2*-1;+4. The molecule has 0 unspecified atom stereocenters. The Morgan fingerprint density at radius 1 is 0.667 bits per heavy atom. The molecule has 194 valence electrons. The molecule has 0 saturated heterocycles. The van der Waals surface area contributed by atoms with E-state index in [9.17, 15) is 0 Å². The molecule has 4 aromatic rings. The van der Waals surface area contributed by atoms with Crippen LogP contribution in [0.15, 0.2) is 144 Å². The molecule has 0 fully saturated rings. The Labute approximate surface area is 258 Å². The van der Waals surface area contributed by atoms with Gasteiger partial charge in [0.25, 0.3) is 0 Å². The van der Waals surface area contributed by atoms with Crippen LogP contribution in [0.5, 0.6) is 0 Å². The number of rotatable bonds is 4. The first-order chi connectivity index (χ1) is 18.1. The minimum Gasteiger partial charge on any atom is -0.342 e. The zero-order valence-electron chi connectivity index (χ0n) is 24.0. The molecule has 0 aliphatic rings. The van der Waals surface area contributed by atoms with Gasteiger partial charge in [0.15, 0.2) is 0 Å². The van der Waals surface area contributed by atoms with E-state index in [1.807, 2.05) is 109 Å². The largest absolute Gasteiger partial charge is 4.00 e.